The highest BCUT2D eigenvalue weighted by Crippen LogP contribution is 2.23. The minimum Gasteiger partial charge on any atom is -0.360 e. The Hall–Kier alpha value is -2.23. The highest BCUT2D eigenvalue weighted by molar-refractivity contribution is 7.08. The van der Waals surface area contributed by atoms with Gasteiger partial charge in [0.1, 0.15) is 5.76 Å². The number of piperazine rings is 1. The smallest absolute Gasteiger partial charge is 0.314 e. The fourth-order valence-corrected chi connectivity index (χ4v) is 3.63. The largest absolute Gasteiger partial charge is 0.360 e. The molecule has 1 aliphatic heterocycles. The Kier molecular flexibility index (Phi) is 6.02. The van der Waals surface area contributed by atoms with Gasteiger partial charge in [0.05, 0.1) is 6.04 Å². The van der Waals surface area contributed by atoms with Crippen LogP contribution in [0.1, 0.15) is 17.4 Å². The van der Waals surface area contributed by atoms with Crippen molar-refractivity contribution in [2.75, 3.05) is 45.1 Å². The highest BCUT2D eigenvalue weighted by Gasteiger charge is 2.26. The summed E-state index contributed by atoms with van der Waals surface area (Å²) in [6, 6.07) is 3.68. The maximum absolute atomic E-state index is 12.2. The Morgan fingerprint density at radius 2 is 2.08 bits per heavy atom. The van der Waals surface area contributed by atoms with Gasteiger partial charge in [0.15, 0.2) is 5.82 Å². The first-order chi connectivity index (χ1) is 12.5. The lowest BCUT2D eigenvalue weighted by Gasteiger charge is -2.37. The van der Waals surface area contributed by atoms with E-state index in [0.29, 0.717) is 12.3 Å². The third kappa shape index (κ3) is 4.69. The number of thiophene rings is 1. The van der Waals surface area contributed by atoms with Gasteiger partial charge in [0, 0.05) is 38.8 Å². The molecule has 2 amide bonds. The monoisotopic (exact) mass is 377 g/mol. The van der Waals surface area contributed by atoms with Crippen LogP contribution in [0.25, 0.3) is 0 Å². The first kappa shape index (κ1) is 18.6. The van der Waals surface area contributed by atoms with Gasteiger partial charge in [0.25, 0.3) is 0 Å². The van der Waals surface area contributed by atoms with E-state index in [2.05, 4.69) is 44.1 Å². The second-order valence-electron chi connectivity index (χ2n) is 6.40. The van der Waals surface area contributed by atoms with E-state index in [1.165, 1.54) is 0 Å². The zero-order valence-corrected chi connectivity index (χ0v) is 15.7. The molecule has 26 heavy (non-hydrogen) atoms. The van der Waals surface area contributed by atoms with Crippen molar-refractivity contribution in [2.45, 2.75) is 13.0 Å². The zero-order chi connectivity index (χ0) is 18.5. The third-order valence-electron chi connectivity index (χ3n) is 4.44. The molecule has 8 nitrogen and oxygen atoms in total. The van der Waals surface area contributed by atoms with Crippen LogP contribution < -0.4 is 10.6 Å². The van der Waals surface area contributed by atoms with Crippen molar-refractivity contribution < 1.29 is 14.1 Å². The summed E-state index contributed by atoms with van der Waals surface area (Å²) in [5.74, 6) is -0.634. The molecule has 0 aromatic carbocycles. The Morgan fingerprint density at radius 1 is 1.31 bits per heavy atom. The maximum Gasteiger partial charge on any atom is 0.314 e. The van der Waals surface area contributed by atoms with E-state index in [1.807, 2.05) is 5.38 Å². The number of carbonyl (C=O) groups is 2. The Labute approximate surface area is 156 Å². The fourth-order valence-electron chi connectivity index (χ4n) is 2.92. The first-order valence-electron chi connectivity index (χ1n) is 8.50. The molecule has 0 radical (unpaired) electrons. The molecule has 1 atom stereocenters. The van der Waals surface area contributed by atoms with Crippen LogP contribution in [0.4, 0.5) is 5.82 Å². The summed E-state index contributed by atoms with van der Waals surface area (Å²) in [5, 5.41) is 13.0. The van der Waals surface area contributed by atoms with Crippen LogP contribution in [0.15, 0.2) is 27.4 Å². The molecule has 1 unspecified atom stereocenters. The molecule has 3 heterocycles. The molecule has 140 valence electrons. The van der Waals surface area contributed by atoms with Gasteiger partial charge in [0.2, 0.25) is 0 Å². The van der Waals surface area contributed by atoms with E-state index in [4.69, 9.17) is 4.52 Å². The molecular weight excluding hydrogens is 354 g/mol. The lowest BCUT2D eigenvalue weighted by Crippen LogP contribution is -2.49. The number of carbonyl (C=O) groups excluding carboxylic acids is 2. The number of aromatic nitrogens is 1. The molecule has 2 aromatic heterocycles. The van der Waals surface area contributed by atoms with Gasteiger partial charge in [-0.2, -0.15) is 11.3 Å². The van der Waals surface area contributed by atoms with Gasteiger partial charge >= 0.3 is 11.8 Å². The van der Waals surface area contributed by atoms with Crippen molar-refractivity contribution in [3.63, 3.8) is 0 Å². The quantitative estimate of drug-likeness (QED) is 0.758. The predicted octanol–water partition coefficient (Wildman–Crippen LogP) is 1.09. The maximum atomic E-state index is 12.2. The molecule has 1 fully saturated rings. The predicted molar refractivity (Wildman–Crippen MR) is 99.0 cm³/mol. The second kappa shape index (κ2) is 8.43. The lowest BCUT2D eigenvalue weighted by molar-refractivity contribution is -0.136. The Balaban J connectivity index is 1.58. The van der Waals surface area contributed by atoms with Crippen molar-refractivity contribution in [2.24, 2.45) is 0 Å². The summed E-state index contributed by atoms with van der Waals surface area (Å²) in [6.45, 7) is 5.92. The van der Waals surface area contributed by atoms with E-state index in [9.17, 15) is 9.59 Å². The van der Waals surface area contributed by atoms with Gasteiger partial charge in [-0.15, -0.1) is 0 Å². The molecule has 9 heteroatoms. The van der Waals surface area contributed by atoms with Crippen molar-refractivity contribution in [3.8, 4) is 0 Å². The second-order valence-corrected chi connectivity index (χ2v) is 7.18. The number of hydrogen-bond acceptors (Lipinski definition) is 7. The van der Waals surface area contributed by atoms with Crippen molar-refractivity contribution >= 4 is 29.0 Å². The number of amides is 2. The van der Waals surface area contributed by atoms with E-state index >= 15 is 0 Å². The average Bonchev–Trinajstić information content (AvgIpc) is 3.28. The first-order valence-corrected chi connectivity index (χ1v) is 9.44. The molecule has 0 saturated carbocycles. The average molecular weight is 377 g/mol. The summed E-state index contributed by atoms with van der Waals surface area (Å²) >= 11 is 1.63. The van der Waals surface area contributed by atoms with Crippen LogP contribution in [-0.4, -0.2) is 66.5 Å². The van der Waals surface area contributed by atoms with Crippen LogP contribution in [0.2, 0.25) is 0 Å². The van der Waals surface area contributed by atoms with Crippen molar-refractivity contribution in [1.29, 1.82) is 0 Å². The molecule has 2 aromatic rings. The molecule has 2 N–H and O–H groups in total. The fraction of sp³-hybridized carbons (Fsp3) is 0.471. The highest BCUT2D eigenvalue weighted by atomic mass is 32.1. The summed E-state index contributed by atoms with van der Waals surface area (Å²) in [4.78, 5) is 28.8. The van der Waals surface area contributed by atoms with Crippen LogP contribution >= 0.6 is 11.3 Å². The molecule has 1 aliphatic rings. The number of hydrogen-bond donors (Lipinski definition) is 2. The number of nitrogens with one attached hydrogen (secondary N) is 2. The van der Waals surface area contributed by atoms with Gasteiger partial charge in [-0.1, -0.05) is 5.16 Å². The Morgan fingerprint density at radius 3 is 2.69 bits per heavy atom. The van der Waals surface area contributed by atoms with E-state index in [1.54, 1.807) is 24.3 Å². The van der Waals surface area contributed by atoms with E-state index in [0.717, 1.165) is 31.7 Å². The van der Waals surface area contributed by atoms with Gasteiger partial charge in [-0.25, -0.2) is 0 Å². The van der Waals surface area contributed by atoms with Crippen molar-refractivity contribution in [1.82, 2.24) is 20.3 Å². The lowest BCUT2D eigenvalue weighted by atomic mass is 10.1. The Bertz CT molecular complexity index is 737. The molecule has 0 aliphatic carbocycles. The SMILES string of the molecule is Cc1cc(NC(=O)C(=O)NCC(c2ccsc2)N2CCN(C)CC2)no1. The van der Waals surface area contributed by atoms with Crippen LogP contribution in [-0.2, 0) is 9.59 Å². The van der Waals surface area contributed by atoms with E-state index in [-0.39, 0.29) is 11.9 Å². The number of anilines is 1. The molecule has 0 spiro atoms. The minimum atomic E-state index is -0.749. The zero-order valence-electron chi connectivity index (χ0n) is 14.9. The number of aryl methyl sites for hydroxylation is 1. The normalized spacial score (nSPS) is 17.0. The molecule has 1 saturated heterocycles. The van der Waals surface area contributed by atoms with Crippen LogP contribution in [0.3, 0.4) is 0 Å². The summed E-state index contributed by atoms with van der Waals surface area (Å²) < 4.78 is 4.87. The third-order valence-corrected chi connectivity index (χ3v) is 5.14. The van der Waals surface area contributed by atoms with Gasteiger partial charge in [-0.3, -0.25) is 19.8 Å². The molecular formula is C17H23N5O3S. The molecule has 0 bridgehead atoms. The number of rotatable bonds is 5. The van der Waals surface area contributed by atoms with E-state index < -0.39 is 11.8 Å². The van der Waals surface area contributed by atoms with Crippen molar-refractivity contribution in [3.05, 3.63) is 34.2 Å². The van der Waals surface area contributed by atoms with Gasteiger partial charge in [-0.05, 0) is 36.4 Å². The number of likely N-dealkylation sites (N-methyl/N-ethyl adjacent to an activating group) is 1. The minimum absolute atomic E-state index is 0.0565. The summed E-state index contributed by atoms with van der Waals surface area (Å²) in [5.41, 5.74) is 1.16. The summed E-state index contributed by atoms with van der Waals surface area (Å²) in [7, 11) is 2.11. The van der Waals surface area contributed by atoms with Crippen LogP contribution in [0.5, 0.6) is 0 Å². The van der Waals surface area contributed by atoms with Gasteiger partial charge < -0.3 is 14.7 Å². The standard InChI is InChI=1S/C17H23N5O3S/c1-12-9-15(20-25-12)19-17(24)16(23)18-10-14(13-3-8-26-11-13)22-6-4-21(2)5-7-22/h3,8-9,11,14H,4-7,10H2,1-2H3,(H,18,23)(H,19,20,24). The van der Waals surface area contributed by atoms with Crippen LogP contribution in [0, 0.1) is 6.92 Å². The number of nitrogens with zero attached hydrogens (tertiary/aromatic N) is 3. The molecule has 3 rings (SSSR count). The summed E-state index contributed by atoms with van der Waals surface area (Å²) in [6.07, 6.45) is 0. The topological polar surface area (TPSA) is 90.7 Å².